The molecule has 1 fully saturated rings. The minimum absolute atomic E-state index is 0.309. The van der Waals surface area contributed by atoms with E-state index in [9.17, 15) is 13.2 Å². The topological polar surface area (TPSA) is 93.5 Å². The van der Waals surface area contributed by atoms with E-state index in [-0.39, 0.29) is 18.0 Å². The predicted molar refractivity (Wildman–Crippen MR) is 140 cm³/mol. The van der Waals surface area contributed by atoms with Crippen LogP contribution in [0.3, 0.4) is 0 Å². The minimum atomic E-state index is -4.77. The van der Waals surface area contributed by atoms with Gasteiger partial charge in [0.2, 0.25) is 0 Å². The van der Waals surface area contributed by atoms with Crippen LogP contribution in [0.1, 0.15) is 19.4 Å². The molecule has 4 rings (SSSR count). The Morgan fingerprint density at radius 2 is 1.62 bits per heavy atom. The fourth-order valence-corrected chi connectivity index (χ4v) is 4.42. The van der Waals surface area contributed by atoms with Crippen molar-refractivity contribution >= 4 is 6.21 Å². The number of hydrogen-bond acceptors (Lipinski definition) is 9. The summed E-state index contributed by atoms with van der Waals surface area (Å²) in [6.45, 7) is 4.23. The smallest absolute Gasteiger partial charge is 0.406 e. The lowest BCUT2D eigenvalue weighted by molar-refractivity contribution is -0.308. The number of alkyl halides is 3. The second kappa shape index (κ2) is 13.2. The number of hydrogen-bond donors (Lipinski definition) is 0. The lowest BCUT2D eigenvalue weighted by Crippen LogP contribution is -2.59. The molecule has 0 spiro atoms. The third kappa shape index (κ3) is 7.33. The first-order chi connectivity index (χ1) is 19.2. The van der Waals surface area contributed by atoms with Gasteiger partial charge in [-0.3, -0.25) is 0 Å². The minimum Gasteiger partial charge on any atom is -0.406 e. The van der Waals surface area contributed by atoms with Gasteiger partial charge in [0.1, 0.15) is 18.0 Å². The highest BCUT2D eigenvalue weighted by molar-refractivity contribution is 5.81. The van der Waals surface area contributed by atoms with E-state index in [4.69, 9.17) is 23.8 Å². The molecule has 12 heteroatoms. The van der Waals surface area contributed by atoms with Crippen molar-refractivity contribution in [3.63, 3.8) is 0 Å². The van der Waals surface area contributed by atoms with Crippen LogP contribution in [-0.2, 0) is 23.8 Å². The first-order valence-electron chi connectivity index (χ1n) is 12.5. The van der Waals surface area contributed by atoms with Gasteiger partial charge in [0.25, 0.3) is 6.29 Å². The summed E-state index contributed by atoms with van der Waals surface area (Å²) in [5.74, 6) is 0.108. The van der Waals surface area contributed by atoms with E-state index in [1.165, 1.54) is 36.8 Å². The van der Waals surface area contributed by atoms with E-state index in [1.807, 2.05) is 38.1 Å². The molecule has 9 nitrogen and oxygen atoms in total. The molecular formula is C28H30F3N3O6. The highest BCUT2D eigenvalue weighted by atomic mass is 19.4. The van der Waals surface area contributed by atoms with Crippen molar-refractivity contribution in [3.8, 4) is 28.3 Å². The Morgan fingerprint density at radius 1 is 0.925 bits per heavy atom. The lowest BCUT2D eigenvalue weighted by atomic mass is 9.99. The normalized spacial score (nSPS) is 23.3. The molecule has 0 unspecified atom stereocenters. The van der Waals surface area contributed by atoms with Crippen molar-refractivity contribution in [3.05, 3.63) is 66.5 Å². The number of halogens is 3. The van der Waals surface area contributed by atoms with Gasteiger partial charge in [0.15, 0.2) is 11.9 Å². The molecule has 40 heavy (non-hydrogen) atoms. The Labute approximate surface area is 229 Å². The molecule has 0 N–H and O–H groups in total. The molecule has 2 heterocycles. The Bertz CT molecular complexity index is 1270. The van der Waals surface area contributed by atoms with Gasteiger partial charge in [0, 0.05) is 44.3 Å². The second-order valence-electron chi connectivity index (χ2n) is 8.87. The van der Waals surface area contributed by atoms with Crippen molar-refractivity contribution in [2.24, 2.45) is 5.16 Å². The molecule has 1 saturated heterocycles. The predicted octanol–water partition coefficient (Wildman–Crippen LogP) is 5.24. The SMILES string of the molecule is CCO[C@@H]1[C@@H](OC)[C@H](C)O[C@@H](O/N=C/c2cccc(-c3ncc(-c4cccc(OC(F)(F)F)c4)cn3)c2)[C@@H]1OC. The zero-order valence-electron chi connectivity index (χ0n) is 22.4. The summed E-state index contributed by atoms with van der Waals surface area (Å²) in [5.41, 5.74) is 2.46. The van der Waals surface area contributed by atoms with Gasteiger partial charge < -0.3 is 28.5 Å². The van der Waals surface area contributed by atoms with E-state index in [1.54, 1.807) is 20.3 Å². The van der Waals surface area contributed by atoms with Crippen LogP contribution >= 0.6 is 0 Å². The molecule has 2 aromatic carbocycles. The van der Waals surface area contributed by atoms with Crippen LogP contribution in [0.2, 0.25) is 0 Å². The van der Waals surface area contributed by atoms with E-state index < -0.39 is 24.9 Å². The number of nitrogens with zero attached hydrogens (tertiary/aromatic N) is 3. The van der Waals surface area contributed by atoms with Gasteiger partial charge in [-0.25, -0.2) is 9.97 Å². The molecule has 3 aromatic rings. The highest BCUT2D eigenvalue weighted by Gasteiger charge is 2.47. The van der Waals surface area contributed by atoms with Crippen molar-refractivity contribution in [2.45, 2.75) is 50.9 Å². The third-order valence-corrected chi connectivity index (χ3v) is 6.19. The van der Waals surface area contributed by atoms with E-state index in [0.717, 1.165) is 5.56 Å². The third-order valence-electron chi connectivity index (χ3n) is 6.19. The Morgan fingerprint density at radius 3 is 2.30 bits per heavy atom. The molecule has 0 amide bonds. The van der Waals surface area contributed by atoms with Crippen LogP contribution in [0, 0.1) is 0 Å². The fraction of sp³-hybridized carbons (Fsp3) is 0.393. The summed E-state index contributed by atoms with van der Waals surface area (Å²) in [5, 5.41) is 4.11. The number of benzene rings is 2. The average molecular weight is 562 g/mol. The summed E-state index contributed by atoms with van der Waals surface area (Å²) >= 11 is 0. The average Bonchev–Trinajstić information content (AvgIpc) is 2.93. The van der Waals surface area contributed by atoms with Crippen LogP contribution in [-0.4, -0.2) is 74.1 Å². The molecule has 0 saturated carbocycles. The van der Waals surface area contributed by atoms with Gasteiger partial charge in [-0.05, 0) is 43.2 Å². The summed E-state index contributed by atoms with van der Waals surface area (Å²) in [4.78, 5) is 14.4. The standard InChI is InChI=1S/C28H30F3N3O6/c1-5-37-24-23(35-3)17(2)38-27(25(24)36-4)40-34-14-18-8-6-10-20(12-18)26-32-15-21(16-33-26)19-9-7-11-22(13-19)39-28(29,30)31/h6-17,23-25,27H,5H2,1-4H3/b34-14+/t17-,23-,24+,25+,27-/m0/s1. The quantitative estimate of drug-likeness (QED) is 0.245. The van der Waals surface area contributed by atoms with Crippen LogP contribution < -0.4 is 4.74 Å². The molecule has 1 aromatic heterocycles. The van der Waals surface area contributed by atoms with Crippen molar-refractivity contribution in [2.75, 3.05) is 20.8 Å². The Balaban J connectivity index is 1.44. The van der Waals surface area contributed by atoms with Crippen LogP contribution in [0.5, 0.6) is 5.75 Å². The Hall–Kier alpha value is -3.58. The zero-order valence-corrected chi connectivity index (χ0v) is 22.4. The van der Waals surface area contributed by atoms with Crippen LogP contribution in [0.25, 0.3) is 22.5 Å². The molecule has 0 radical (unpaired) electrons. The van der Waals surface area contributed by atoms with Gasteiger partial charge in [-0.1, -0.05) is 35.5 Å². The maximum absolute atomic E-state index is 12.6. The van der Waals surface area contributed by atoms with Crippen LogP contribution in [0.15, 0.2) is 66.1 Å². The van der Waals surface area contributed by atoms with Gasteiger partial charge in [-0.2, -0.15) is 0 Å². The van der Waals surface area contributed by atoms with Gasteiger partial charge >= 0.3 is 6.36 Å². The molecule has 5 atom stereocenters. The van der Waals surface area contributed by atoms with Crippen LogP contribution in [0.4, 0.5) is 13.2 Å². The molecular weight excluding hydrogens is 531 g/mol. The Kier molecular flexibility index (Phi) is 9.69. The molecule has 1 aliphatic heterocycles. The zero-order chi connectivity index (χ0) is 28.7. The second-order valence-corrected chi connectivity index (χ2v) is 8.87. The highest BCUT2D eigenvalue weighted by Crippen LogP contribution is 2.29. The van der Waals surface area contributed by atoms with Gasteiger partial charge in [0.05, 0.1) is 12.3 Å². The summed E-state index contributed by atoms with van der Waals surface area (Å²) in [6, 6.07) is 12.9. The molecule has 0 aliphatic carbocycles. The van der Waals surface area contributed by atoms with E-state index >= 15 is 0 Å². The largest absolute Gasteiger partial charge is 0.573 e. The van der Waals surface area contributed by atoms with E-state index in [2.05, 4.69) is 19.9 Å². The first kappa shape index (κ1) is 29.4. The number of methoxy groups -OCH3 is 2. The van der Waals surface area contributed by atoms with Crippen molar-refractivity contribution < 1.29 is 41.7 Å². The molecule has 0 bridgehead atoms. The monoisotopic (exact) mass is 561 g/mol. The van der Waals surface area contributed by atoms with Crippen molar-refractivity contribution in [1.82, 2.24) is 9.97 Å². The molecule has 214 valence electrons. The summed E-state index contributed by atoms with van der Waals surface area (Å²) in [7, 11) is 3.14. The lowest BCUT2D eigenvalue weighted by Gasteiger charge is -2.42. The summed E-state index contributed by atoms with van der Waals surface area (Å²) < 4.78 is 64.6. The van der Waals surface area contributed by atoms with E-state index in [0.29, 0.717) is 29.1 Å². The van der Waals surface area contributed by atoms with Gasteiger partial charge in [-0.15, -0.1) is 13.2 Å². The maximum atomic E-state index is 12.6. The number of aromatic nitrogens is 2. The summed E-state index contributed by atoms with van der Waals surface area (Å²) in [6.07, 6.45) is -2.57. The number of oxime groups is 1. The molecule has 1 aliphatic rings. The van der Waals surface area contributed by atoms with Crippen molar-refractivity contribution in [1.29, 1.82) is 0 Å². The number of ether oxygens (including phenoxy) is 5. The fourth-order valence-electron chi connectivity index (χ4n) is 4.42. The maximum Gasteiger partial charge on any atom is 0.573 e. The first-order valence-corrected chi connectivity index (χ1v) is 12.5. The number of rotatable bonds is 10.